The molecule has 0 bridgehead atoms. The molecule has 5 atom stereocenters. The van der Waals surface area contributed by atoms with Gasteiger partial charge < -0.3 is 37.8 Å². The van der Waals surface area contributed by atoms with Crippen LogP contribution in [0.1, 0.15) is 75.1 Å². The fourth-order valence-electron chi connectivity index (χ4n) is 5.70. The molecule has 0 radical (unpaired) electrons. The summed E-state index contributed by atoms with van der Waals surface area (Å²) in [6.45, 7) is 9.17. The number of aliphatic imine (C=N–C) groups is 1. The predicted molar refractivity (Wildman–Crippen MR) is 202 cm³/mol. The Bertz CT molecular complexity index is 1780. The molecule has 3 rings (SSSR count). The van der Waals surface area contributed by atoms with E-state index in [1.54, 1.807) is 50.2 Å². The van der Waals surface area contributed by atoms with Crippen molar-refractivity contribution in [2.75, 3.05) is 6.54 Å². The first-order valence-corrected chi connectivity index (χ1v) is 18.0. The minimum absolute atomic E-state index is 0.0235. The molecule has 0 saturated carbocycles. The zero-order valence-corrected chi connectivity index (χ0v) is 31.3. The number of benzene rings is 2. The van der Waals surface area contributed by atoms with Gasteiger partial charge in [-0.05, 0) is 67.9 Å². The number of carboxylic acids is 1. The number of rotatable bonds is 20. The number of carboxylic acid groups (broad SMARTS) is 1. The monoisotopic (exact) mass is 749 g/mol. The Morgan fingerprint density at radius 2 is 1.54 bits per heavy atom. The molecule has 15 nitrogen and oxygen atoms in total. The minimum atomic E-state index is -1.25. The number of carbonyl (C=O) groups is 5. The number of carbonyl (C=O) groups excluding carboxylic acids is 4. The third kappa shape index (κ3) is 13.0. The number of nitrogens with one attached hydrogen (secondary N) is 4. The maximum Gasteiger partial charge on any atom is 0.326 e. The van der Waals surface area contributed by atoms with E-state index < -0.39 is 65.5 Å². The van der Waals surface area contributed by atoms with Gasteiger partial charge in [0.15, 0.2) is 11.7 Å². The second-order valence-corrected chi connectivity index (χ2v) is 13.7. The molecule has 1 aromatic heterocycles. The minimum Gasteiger partial charge on any atom is -0.480 e. The van der Waals surface area contributed by atoms with Crippen LogP contribution in [-0.2, 0) is 25.6 Å². The van der Waals surface area contributed by atoms with Crippen molar-refractivity contribution in [3.63, 3.8) is 0 Å². The van der Waals surface area contributed by atoms with Crippen molar-refractivity contribution >= 4 is 35.6 Å². The van der Waals surface area contributed by atoms with Crippen LogP contribution in [0.5, 0.6) is 0 Å². The zero-order valence-electron chi connectivity index (χ0n) is 31.3. The first-order chi connectivity index (χ1) is 25.6. The summed E-state index contributed by atoms with van der Waals surface area (Å²) >= 11 is 0. The number of aliphatic carboxylic acids is 1. The van der Waals surface area contributed by atoms with Gasteiger partial charge in [-0.1, -0.05) is 70.5 Å². The summed E-state index contributed by atoms with van der Waals surface area (Å²) in [6, 6.07) is 11.4. The molecule has 16 heteroatoms. The quantitative estimate of drug-likeness (QED) is 0.0509. The van der Waals surface area contributed by atoms with Crippen molar-refractivity contribution in [1.82, 2.24) is 31.0 Å². The number of hydrogen-bond acceptors (Lipinski definition) is 7. The van der Waals surface area contributed by atoms with Crippen molar-refractivity contribution < 1.29 is 33.5 Å². The van der Waals surface area contributed by atoms with Gasteiger partial charge >= 0.3 is 5.97 Å². The highest BCUT2D eigenvalue weighted by Crippen LogP contribution is 2.16. The van der Waals surface area contributed by atoms with E-state index in [4.69, 9.17) is 11.5 Å². The highest BCUT2D eigenvalue weighted by molar-refractivity contribution is 5.98. The first-order valence-electron chi connectivity index (χ1n) is 18.0. The van der Waals surface area contributed by atoms with E-state index in [2.05, 4.69) is 31.4 Å². The molecule has 3 aromatic rings. The number of amides is 4. The van der Waals surface area contributed by atoms with Crippen LogP contribution in [-0.4, -0.2) is 81.2 Å². The maximum atomic E-state index is 13.9. The predicted octanol–water partition coefficient (Wildman–Crippen LogP) is 2.35. The van der Waals surface area contributed by atoms with Crippen LogP contribution in [0.15, 0.2) is 65.7 Å². The van der Waals surface area contributed by atoms with Crippen LogP contribution in [0.25, 0.3) is 5.69 Å². The van der Waals surface area contributed by atoms with E-state index in [0.717, 1.165) is 0 Å². The molecule has 2 aromatic carbocycles. The molecule has 292 valence electrons. The molecule has 1 heterocycles. The molecular formula is C38H52FN9O6. The Hall–Kier alpha value is -5.80. The molecule has 0 saturated heterocycles. The van der Waals surface area contributed by atoms with Crippen LogP contribution >= 0.6 is 0 Å². The lowest BCUT2D eigenvalue weighted by Gasteiger charge is -2.29. The second-order valence-electron chi connectivity index (χ2n) is 13.7. The van der Waals surface area contributed by atoms with Crippen molar-refractivity contribution in [1.29, 1.82) is 0 Å². The largest absolute Gasteiger partial charge is 0.480 e. The van der Waals surface area contributed by atoms with Crippen LogP contribution in [0.3, 0.4) is 0 Å². The third-order valence-corrected chi connectivity index (χ3v) is 8.77. The number of hydrogen-bond donors (Lipinski definition) is 7. The molecule has 0 aliphatic heterocycles. The van der Waals surface area contributed by atoms with E-state index in [9.17, 15) is 33.5 Å². The maximum absolute atomic E-state index is 13.9. The average molecular weight is 750 g/mol. The van der Waals surface area contributed by atoms with Gasteiger partial charge in [0.25, 0.3) is 5.91 Å². The Balaban J connectivity index is 1.82. The topological polar surface area (TPSA) is 236 Å². The van der Waals surface area contributed by atoms with Gasteiger partial charge in [-0.3, -0.25) is 24.2 Å². The number of aryl methyl sites for hydroxylation is 1. The Morgan fingerprint density at radius 1 is 0.870 bits per heavy atom. The molecule has 0 aliphatic carbocycles. The molecular weight excluding hydrogens is 697 g/mol. The lowest BCUT2D eigenvalue weighted by molar-refractivity contribution is -0.142. The number of aromatic nitrogens is 2. The van der Waals surface area contributed by atoms with E-state index in [1.807, 2.05) is 20.8 Å². The van der Waals surface area contributed by atoms with Crippen molar-refractivity contribution in [3.05, 3.63) is 83.4 Å². The van der Waals surface area contributed by atoms with E-state index >= 15 is 0 Å². The van der Waals surface area contributed by atoms with Gasteiger partial charge in [-0.15, -0.1) is 0 Å². The van der Waals surface area contributed by atoms with Crippen molar-refractivity contribution in [2.45, 2.75) is 90.9 Å². The summed E-state index contributed by atoms with van der Waals surface area (Å²) in [4.78, 5) is 70.8. The summed E-state index contributed by atoms with van der Waals surface area (Å²) in [5.74, 6) is -4.99. The number of guanidine groups is 1. The third-order valence-electron chi connectivity index (χ3n) is 8.77. The van der Waals surface area contributed by atoms with Gasteiger partial charge in [0, 0.05) is 18.7 Å². The van der Waals surface area contributed by atoms with Crippen molar-refractivity contribution in [3.8, 4) is 5.69 Å². The van der Waals surface area contributed by atoms with Crippen LogP contribution in [0.2, 0.25) is 0 Å². The summed E-state index contributed by atoms with van der Waals surface area (Å²) in [6.07, 6.45) is 1.08. The van der Waals surface area contributed by atoms with Gasteiger partial charge in [-0.2, -0.15) is 5.10 Å². The second kappa shape index (κ2) is 20.4. The van der Waals surface area contributed by atoms with E-state index in [1.165, 1.54) is 28.9 Å². The lowest BCUT2D eigenvalue weighted by Crippen LogP contribution is -2.59. The highest BCUT2D eigenvalue weighted by Gasteiger charge is 2.34. The summed E-state index contributed by atoms with van der Waals surface area (Å²) in [5, 5.41) is 25.0. The fourth-order valence-corrected chi connectivity index (χ4v) is 5.70. The smallest absolute Gasteiger partial charge is 0.326 e. The van der Waals surface area contributed by atoms with Crippen LogP contribution < -0.4 is 32.7 Å². The van der Waals surface area contributed by atoms with Gasteiger partial charge in [0.05, 0.1) is 5.69 Å². The Morgan fingerprint density at radius 3 is 2.15 bits per heavy atom. The normalized spacial score (nSPS) is 13.8. The van der Waals surface area contributed by atoms with Gasteiger partial charge in [0.2, 0.25) is 17.7 Å². The number of halogens is 1. The zero-order chi connectivity index (χ0) is 39.9. The van der Waals surface area contributed by atoms with Crippen LogP contribution in [0, 0.1) is 24.6 Å². The molecule has 0 unspecified atom stereocenters. The summed E-state index contributed by atoms with van der Waals surface area (Å²) < 4.78 is 15.3. The standard InChI is InChI=1S/C38H52FN9O6/c1-6-23(4)32(36(52)45-31(37(53)54)20-25-12-8-7-9-13-25)46-34(50)29(18-22(2)3)44-33(49)28(16-11-17-42-38(40)41)43-35(51)30-19-24(5)48(47-30)27-15-10-14-26(39)21-27/h7-10,12-15,19,21-23,28-29,31-32H,6,11,16-18,20H2,1-5H3,(H,43,51)(H,44,49)(H,45,52)(H,46,50)(H,53,54)(H4,40,41,42)/t23-,28-,29-,31-,32-/m0/s1. The fraction of sp³-hybridized carbons (Fsp3) is 0.447. The Kier molecular flexibility index (Phi) is 16.1. The van der Waals surface area contributed by atoms with Crippen LogP contribution in [0.4, 0.5) is 4.39 Å². The SMILES string of the molecule is CC[C@H](C)[C@H](NC(=O)[C@H](CC(C)C)NC(=O)[C@H](CCCN=C(N)N)NC(=O)c1cc(C)n(-c2cccc(F)c2)n1)C(=O)N[C@@H](Cc1ccccc1)C(=O)O. The molecule has 9 N–H and O–H groups in total. The number of nitrogens with two attached hydrogens (primary N) is 2. The summed E-state index contributed by atoms with van der Waals surface area (Å²) in [7, 11) is 0. The number of nitrogens with zero attached hydrogens (tertiary/aromatic N) is 3. The van der Waals surface area contributed by atoms with Gasteiger partial charge in [0.1, 0.15) is 30.0 Å². The Labute approximate surface area is 314 Å². The van der Waals surface area contributed by atoms with E-state index in [-0.39, 0.29) is 49.8 Å². The highest BCUT2D eigenvalue weighted by atomic mass is 19.1. The van der Waals surface area contributed by atoms with Crippen molar-refractivity contribution in [2.24, 2.45) is 28.3 Å². The first kappa shape index (κ1) is 42.6. The molecule has 4 amide bonds. The molecule has 0 fully saturated rings. The molecule has 54 heavy (non-hydrogen) atoms. The average Bonchev–Trinajstić information content (AvgIpc) is 3.52. The molecule has 0 aliphatic rings. The lowest BCUT2D eigenvalue weighted by atomic mass is 9.96. The summed E-state index contributed by atoms with van der Waals surface area (Å²) in [5.41, 5.74) is 12.5. The molecule has 0 spiro atoms. The van der Waals surface area contributed by atoms with E-state index in [0.29, 0.717) is 23.4 Å². The van der Waals surface area contributed by atoms with Gasteiger partial charge in [-0.25, -0.2) is 13.9 Å².